The molecule has 3 heterocycles. The summed E-state index contributed by atoms with van der Waals surface area (Å²) in [6, 6.07) is 12.5. The summed E-state index contributed by atoms with van der Waals surface area (Å²) in [7, 11) is 1.63. The lowest BCUT2D eigenvalue weighted by Gasteiger charge is -2.33. The molecule has 0 saturated heterocycles. The predicted octanol–water partition coefficient (Wildman–Crippen LogP) is 4.06. The molecule has 154 valence electrons. The van der Waals surface area contributed by atoms with Gasteiger partial charge in [-0.3, -0.25) is 4.98 Å². The fraction of sp³-hybridized carbons (Fsp3) is 0.348. The molecule has 5 rings (SSSR count). The smallest absolute Gasteiger partial charge is 0.244 e. The number of rotatable bonds is 4. The van der Waals surface area contributed by atoms with Crippen molar-refractivity contribution in [3.63, 3.8) is 0 Å². The molecule has 30 heavy (non-hydrogen) atoms. The van der Waals surface area contributed by atoms with Crippen molar-refractivity contribution in [3.05, 3.63) is 48.8 Å². The normalized spacial score (nSPS) is 21.8. The van der Waals surface area contributed by atoms with Gasteiger partial charge in [0.1, 0.15) is 5.52 Å². The summed E-state index contributed by atoms with van der Waals surface area (Å²) < 4.78 is 7.45. The van der Waals surface area contributed by atoms with E-state index in [4.69, 9.17) is 4.74 Å². The van der Waals surface area contributed by atoms with Crippen LogP contribution < -0.4 is 10.1 Å². The van der Waals surface area contributed by atoms with Crippen molar-refractivity contribution in [1.82, 2.24) is 19.6 Å². The van der Waals surface area contributed by atoms with Crippen LogP contribution in [-0.2, 0) is 0 Å². The number of hydrogen-bond acceptors (Lipinski definition) is 6. The van der Waals surface area contributed by atoms with Gasteiger partial charge in [0.15, 0.2) is 0 Å². The van der Waals surface area contributed by atoms with E-state index in [1.165, 1.54) is 0 Å². The molecule has 3 aromatic heterocycles. The van der Waals surface area contributed by atoms with Gasteiger partial charge < -0.3 is 15.2 Å². The minimum Gasteiger partial charge on any atom is -0.479 e. The molecule has 0 atom stereocenters. The van der Waals surface area contributed by atoms with E-state index in [2.05, 4.69) is 38.6 Å². The molecular formula is C23H25N5O2. The molecular weight excluding hydrogens is 378 g/mol. The summed E-state index contributed by atoms with van der Waals surface area (Å²) in [6.07, 6.45) is 7.05. The van der Waals surface area contributed by atoms with Gasteiger partial charge in [0.2, 0.25) is 11.8 Å². The molecule has 7 nitrogen and oxygen atoms in total. The predicted molar refractivity (Wildman–Crippen MR) is 117 cm³/mol. The van der Waals surface area contributed by atoms with Crippen molar-refractivity contribution < 1.29 is 9.84 Å². The zero-order valence-electron chi connectivity index (χ0n) is 17.2. The lowest BCUT2D eigenvalue weighted by atomic mass is 9.84. The Morgan fingerprint density at radius 2 is 2.03 bits per heavy atom. The number of aliphatic hydroxyl groups is 1. The summed E-state index contributed by atoms with van der Waals surface area (Å²) in [6.45, 7) is 1.90. The zero-order valence-corrected chi connectivity index (χ0v) is 17.2. The first-order chi connectivity index (χ1) is 14.5. The maximum atomic E-state index is 10.2. The fourth-order valence-electron chi connectivity index (χ4n) is 4.24. The van der Waals surface area contributed by atoms with Crippen LogP contribution in [0.15, 0.2) is 48.8 Å². The van der Waals surface area contributed by atoms with Gasteiger partial charge in [0, 0.05) is 29.4 Å². The largest absolute Gasteiger partial charge is 0.479 e. The van der Waals surface area contributed by atoms with E-state index >= 15 is 0 Å². The highest BCUT2D eigenvalue weighted by Gasteiger charge is 2.29. The fourth-order valence-corrected chi connectivity index (χ4v) is 4.24. The van der Waals surface area contributed by atoms with E-state index in [1.807, 2.05) is 35.8 Å². The van der Waals surface area contributed by atoms with Crippen LogP contribution in [0.25, 0.3) is 27.5 Å². The van der Waals surface area contributed by atoms with E-state index < -0.39 is 5.60 Å². The molecule has 1 aliphatic carbocycles. The highest BCUT2D eigenvalue weighted by Crippen LogP contribution is 2.34. The van der Waals surface area contributed by atoms with Crippen LogP contribution in [0.2, 0.25) is 0 Å². The van der Waals surface area contributed by atoms with Crippen LogP contribution in [0, 0.1) is 0 Å². The van der Waals surface area contributed by atoms with Crippen LogP contribution >= 0.6 is 0 Å². The molecule has 1 aromatic carbocycles. The van der Waals surface area contributed by atoms with Gasteiger partial charge in [0.05, 0.1) is 18.2 Å². The number of nitrogens with one attached hydrogen (secondary N) is 1. The highest BCUT2D eigenvalue weighted by molar-refractivity contribution is 5.90. The second kappa shape index (κ2) is 7.25. The monoisotopic (exact) mass is 403 g/mol. The van der Waals surface area contributed by atoms with E-state index in [9.17, 15) is 5.11 Å². The number of pyridine rings is 1. The van der Waals surface area contributed by atoms with Gasteiger partial charge in [-0.2, -0.15) is 4.98 Å². The van der Waals surface area contributed by atoms with Crippen LogP contribution in [0.4, 0.5) is 5.95 Å². The number of aromatic nitrogens is 4. The maximum absolute atomic E-state index is 10.2. The average molecular weight is 403 g/mol. The number of ether oxygens (including phenoxy) is 1. The number of anilines is 1. The third-order valence-corrected chi connectivity index (χ3v) is 5.98. The maximum Gasteiger partial charge on any atom is 0.244 e. The van der Waals surface area contributed by atoms with Crippen molar-refractivity contribution in [2.24, 2.45) is 0 Å². The van der Waals surface area contributed by atoms with Crippen LogP contribution in [0.5, 0.6) is 5.88 Å². The van der Waals surface area contributed by atoms with E-state index in [1.54, 1.807) is 13.3 Å². The summed E-state index contributed by atoms with van der Waals surface area (Å²) in [5, 5.41) is 19.3. The Labute approximate surface area is 174 Å². The molecule has 0 bridgehead atoms. The first kappa shape index (κ1) is 18.8. The molecule has 0 spiro atoms. The Kier molecular flexibility index (Phi) is 4.55. The number of benzene rings is 1. The standard InChI is InChI=1S/C23H25N5O2/c1-23(29)10-7-17(8-11-23)25-22-26-21(30-2)20-18(9-13-28(20)27-22)15-5-6-19-16(14-15)4-3-12-24-19/h3-6,9,12-14,17,29H,7-8,10-11H2,1-2H3,(H,25,27)/t17-,23-. The third-order valence-electron chi connectivity index (χ3n) is 5.98. The van der Waals surface area contributed by atoms with Gasteiger partial charge in [-0.1, -0.05) is 12.1 Å². The molecule has 0 unspecified atom stereocenters. The van der Waals surface area contributed by atoms with Crippen LogP contribution in [-0.4, -0.2) is 43.4 Å². The Morgan fingerprint density at radius 1 is 1.20 bits per heavy atom. The van der Waals surface area contributed by atoms with Crippen molar-refractivity contribution in [1.29, 1.82) is 0 Å². The SMILES string of the molecule is COc1nc(N[C@H]2CC[C@](C)(O)CC2)nn2ccc(-c3ccc4ncccc4c3)c12. The number of fused-ring (bicyclic) bond motifs is 2. The van der Waals surface area contributed by atoms with Gasteiger partial charge in [-0.05, 0) is 62.4 Å². The molecule has 1 fully saturated rings. The van der Waals surface area contributed by atoms with Gasteiger partial charge in [-0.25, -0.2) is 4.52 Å². The zero-order chi connectivity index (χ0) is 20.7. The lowest BCUT2D eigenvalue weighted by molar-refractivity contribution is 0.0195. The molecule has 1 aliphatic rings. The second-order valence-electron chi connectivity index (χ2n) is 8.29. The van der Waals surface area contributed by atoms with Crippen molar-refractivity contribution >= 4 is 22.4 Å². The van der Waals surface area contributed by atoms with Crippen molar-refractivity contribution in [2.75, 3.05) is 12.4 Å². The van der Waals surface area contributed by atoms with Crippen LogP contribution in [0.3, 0.4) is 0 Å². The Morgan fingerprint density at radius 3 is 2.83 bits per heavy atom. The Hall–Kier alpha value is -3.19. The molecule has 0 radical (unpaired) electrons. The minimum absolute atomic E-state index is 0.246. The molecule has 1 saturated carbocycles. The Balaban J connectivity index is 1.49. The van der Waals surface area contributed by atoms with Crippen molar-refractivity contribution in [3.8, 4) is 17.0 Å². The van der Waals surface area contributed by atoms with Gasteiger partial charge in [-0.15, -0.1) is 5.10 Å². The number of nitrogens with zero attached hydrogens (tertiary/aromatic N) is 4. The van der Waals surface area contributed by atoms with Gasteiger partial charge in [0.25, 0.3) is 0 Å². The van der Waals surface area contributed by atoms with E-state index in [0.717, 1.165) is 53.2 Å². The summed E-state index contributed by atoms with van der Waals surface area (Å²) in [4.78, 5) is 9.03. The summed E-state index contributed by atoms with van der Waals surface area (Å²) in [5.74, 6) is 1.07. The number of methoxy groups -OCH3 is 1. The van der Waals surface area contributed by atoms with E-state index in [-0.39, 0.29) is 6.04 Å². The third kappa shape index (κ3) is 3.45. The molecule has 7 heteroatoms. The molecule has 2 N–H and O–H groups in total. The highest BCUT2D eigenvalue weighted by atomic mass is 16.5. The van der Waals surface area contributed by atoms with Gasteiger partial charge >= 0.3 is 0 Å². The quantitative estimate of drug-likeness (QED) is 0.535. The van der Waals surface area contributed by atoms with Crippen LogP contribution in [0.1, 0.15) is 32.6 Å². The second-order valence-corrected chi connectivity index (χ2v) is 8.29. The molecule has 4 aromatic rings. The molecule has 0 aliphatic heterocycles. The first-order valence-corrected chi connectivity index (χ1v) is 10.3. The molecule has 0 amide bonds. The summed E-state index contributed by atoms with van der Waals surface area (Å²) >= 11 is 0. The lowest BCUT2D eigenvalue weighted by Crippen LogP contribution is -2.36. The Bertz CT molecular complexity index is 1210. The summed E-state index contributed by atoms with van der Waals surface area (Å²) in [5.41, 5.74) is 3.31. The minimum atomic E-state index is -0.564. The first-order valence-electron chi connectivity index (χ1n) is 10.3. The average Bonchev–Trinajstić information content (AvgIpc) is 3.18. The van der Waals surface area contributed by atoms with Crippen molar-refractivity contribution in [2.45, 2.75) is 44.2 Å². The van der Waals surface area contributed by atoms with E-state index in [0.29, 0.717) is 11.8 Å². The topological polar surface area (TPSA) is 84.6 Å². The number of hydrogen-bond donors (Lipinski definition) is 2.